The highest BCUT2D eigenvalue weighted by molar-refractivity contribution is 6.10. The minimum absolute atomic E-state index is 0.177. The van der Waals surface area contributed by atoms with Gasteiger partial charge in [0.05, 0.1) is 30.2 Å². The van der Waals surface area contributed by atoms with Crippen LogP contribution in [0.1, 0.15) is 48.3 Å². The van der Waals surface area contributed by atoms with E-state index in [0.29, 0.717) is 28.3 Å². The summed E-state index contributed by atoms with van der Waals surface area (Å²) in [5.41, 5.74) is 5.98. The van der Waals surface area contributed by atoms with Crippen molar-refractivity contribution in [3.63, 3.8) is 0 Å². The van der Waals surface area contributed by atoms with E-state index in [9.17, 15) is 32.3 Å². The van der Waals surface area contributed by atoms with E-state index in [1.54, 1.807) is 49.4 Å². The van der Waals surface area contributed by atoms with E-state index in [1.807, 2.05) is 13.8 Å². The Bertz CT molecular complexity index is 1630. The molecule has 47 heavy (non-hydrogen) atoms. The Morgan fingerprint density at radius 1 is 1.04 bits per heavy atom. The van der Waals surface area contributed by atoms with Crippen LogP contribution >= 0.6 is 0 Å². The number of ether oxygens (including phenoxy) is 3. The van der Waals surface area contributed by atoms with Crippen molar-refractivity contribution in [2.24, 2.45) is 11.6 Å². The minimum atomic E-state index is -5.32. The number of imide groups is 1. The number of esters is 1. The van der Waals surface area contributed by atoms with Crippen LogP contribution in [0.2, 0.25) is 0 Å². The third-order valence-corrected chi connectivity index (χ3v) is 6.07. The van der Waals surface area contributed by atoms with Gasteiger partial charge >= 0.3 is 12.1 Å². The van der Waals surface area contributed by atoms with Gasteiger partial charge in [-0.15, -0.1) is 0 Å². The fourth-order valence-corrected chi connectivity index (χ4v) is 3.97. The molecule has 0 saturated heterocycles. The van der Waals surface area contributed by atoms with Crippen LogP contribution in [-0.4, -0.2) is 65.0 Å². The van der Waals surface area contributed by atoms with Crippen molar-refractivity contribution in [1.82, 2.24) is 9.99 Å². The number of carbonyl (C=O) groups is 4. The summed E-state index contributed by atoms with van der Waals surface area (Å²) in [5.74, 6) is 0.690. The van der Waals surface area contributed by atoms with Gasteiger partial charge in [-0.3, -0.25) is 24.8 Å². The largest absolute Gasteiger partial charge is 0.490 e. The van der Waals surface area contributed by atoms with Crippen molar-refractivity contribution in [2.75, 3.05) is 23.8 Å². The lowest BCUT2D eigenvalue weighted by Crippen LogP contribution is -2.47. The molecule has 0 aliphatic carbocycles. The highest BCUT2D eigenvalue weighted by atomic mass is 19.4. The van der Waals surface area contributed by atoms with Crippen LogP contribution in [0.15, 0.2) is 60.9 Å². The summed E-state index contributed by atoms with van der Waals surface area (Å²) in [5, 5.41) is 13.0. The van der Waals surface area contributed by atoms with Crippen LogP contribution < -0.4 is 31.7 Å². The fourth-order valence-electron chi connectivity index (χ4n) is 3.97. The Kier molecular flexibility index (Phi) is 11.8. The molecule has 1 atom stereocenters. The van der Waals surface area contributed by atoms with E-state index in [4.69, 9.17) is 26.5 Å². The van der Waals surface area contributed by atoms with E-state index in [0.717, 1.165) is 18.5 Å². The summed E-state index contributed by atoms with van der Waals surface area (Å²) >= 11 is 0. The number of benzene rings is 2. The molecule has 14 nitrogen and oxygen atoms in total. The van der Waals surface area contributed by atoms with Gasteiger partial charge in [0.25, 0.3) is 17.7 Å². The molecule has 0 radical (unpaired) electrons. The van der Waals surface area contributed by atoms with Crippen LogP contribution in [-0.2, 0) is 19.1 Å². The van der Waals surface area contributed by atoms with Gasteiger partial charge in [-0.25, -0.2) is 15.6 Å². The number of halogens is 3. The molecule has 3 rings (SSSR count). The lowest BCUT2D eigenvalue weighted by Gasteiger charge is -2.25. The Labute approximate surface area is 266 Å². The first kappa shape index (κ1) is 35.8. The molecule has 0 aliphatic rings. The standard InChI is InChI=1S/C30H32F3N7O7/c1-4-45-23-13-18(7-10-22(23)47-16(2)3)25(38-19-8-5-17(6-9-19)26(34)35)28(43)40(36)27(42)20-11-12-37-14-21(20)39-24(41)15-46-29(44)30(31,32)33/h5-14,16,25,38H,4,15,36H2,1-3H3,(H3,34,35)(H,39,41). The zero-order valence-electron chi connectivity index (χ0n) is 25.4. The molecule has 250 valence electrons. The first-order valence-corrected chi connectivity index (χ1v) is 13.9. The molecule has 3 amide bonds. The predicted octanol–water partition coefficient (Wildman–Crippen LogP) is 3.29. The number of rotatable bonds is 13. The third-order valence-electron chi connectivity index (χ3n) is 6.07. The Hall–Kier alpha value is -5.71. The maximum absolute atomic E-state index is 13.9. The number of amidine groups is 1. The molecular formula is C30H32F3N7O7. The van der Waals surface area contributed by atoms with Crippen molar-refractivity contribution >= 4 is 40.9 Å². The van der Waals surface area contributed by atoms with Crippen molar-refractivity contribution in [3.05, 3.63) is 77.6 Å². The number of hydrazine groups is 1. The van der Waals surface area contributed by atoms with Gasteiger partial charge in [0.2, 0.25) is 0 Å². The first-order valence-electron chi connectivity index (χ1n) is 13.9. The van der Waals surface area contributed by atoms with Crippen LogP contribution in [0.3, 0.4) is 0 Å². The zero-order chi connectivity index (χ0) is 34.9. The molecule has 0 spiro atoms. The Balaban J connectivity index is 1.95. The fraction of sp³-hybridized carbons (Fsp3) is 0.267. The lowest BCUT2D eigenvalue weighted by molar-refractivity contribution is -0.199. The van der Waals surface area contributed by atoms with Crippen LogP contribution in [0.4, 0.5) is 24.5 Å². The average Bonchev–Trinajstić information content (AvgIpc) is 3.02. The van der Waals surface area contributed by atoms with Crippen LogP contribution in [0.25, 0.3) is 0 Å². The molecule has 17 heteroatoms. The van der Waals surface area contributed by atoms with Gasteiger partial charge in [0.1, 0.15) is 11.9 Å². The zero-order valence-corrected chi connectivity index (χ0v) is 25.4. The summed E-state index contributed by atoms with van der Waals surface area (Å²) in [7, 11) is 0. The molecule has 1 unspecified atom stereocenters. The topological polar surface area (TPSA) is 212 Å². The lowest BCUT2D eigenvalue weighted by atomic mass is 10.0. The number of nitrogens with two attached hydrogens (primary N) is 2. The summed E-state index contributed by atoms with van der Waals surface area (Å²) in [6.07, 6.45) is -3.37. The van der Waals surface area contributed by atoms with E-state index >= 15 is 0 Å². The number of amides is 3. The van der Waals surface area contributed by atoms with Crippen molar-refractivity contribution < 1.29 is 46.6 Å². The molecule has 0 fully saturated rings. The second-order valence-corrected chi connectivity index (χ2v) is 9.93. The van der Waals surface area contributed by atoms with E-state index < -0.39 is 42.5 Å². The molecule has 3 aromatic rings. The highest BCUT2D eigenvalue weighted by Crippen LogP contribution is 2.33. The quantitative estimate of drug-likeness (QED) is 0.0449. The van der Waals surface area contributed by atoms with Crippen LogP contribution in [0, 0.1) is 5.41 Å². The third kappa shape index (κ3) is 9.64. The maximum Gasteiger partial charge on any atom is 0.490 e. The number of hydrogen-bond acceptors (Lipinski definition) is 11. The molecule has 2 aromatic carbocycles. The monoisotopic (exact) mass is 659 g/mol. The molecular weight excluding hydrogens is 627 g/mol. The average molecular weight is 660 g/mol. The molecule has 7 N–H and O–H groups in total. The second kappa shape index (κ2) is 15.5. The van der Waals surface area contributed by atoms with Gasteiger partial charge in [-0.05, 0) is 68.8 Å². The van der Waals surface area contributed by atoms with Crippen LogP contribution in [0.5, 0.6) is 11.5 Å². The number of anilines is 2. The summed E-state index contributed by atoms with van der Waals surface area (Å²) in [6.45, 7) is 4.36. The number of pyridine rings is 1. The van der Waals surface area contributed by atoms with Gasteiger partial charge in [-0.1, -0.05) is 6.07 Å². The molecule has 1 heterocycles. The van der Waals surface area contributed by atoms with Gasteiger partial charge in [-0.2, -0.15) is 13.2 Å². The van der Waals surface area contributed by atoms with Crippen molar-refractivity contribution in [2.45, 2.75) is 39.1 Å². The maximum atomic E-state index is 13.9. The van der Waals surface area contributed by atoms with Gasteiger partial charge in [0, 0.05) is 17.4 Å². The van der Waals surface area contributed by atoms with E-state index in [2.05, 4.69) is 20.4 Å². The smallest absolute Gasteiger partial charge is 0.490 e. The number of hydrogen-bond donors (Lipinski definition) is 5. The molecule has 0 bridgehead atoms. The summed E-state index contributed by atoms with van der Waals surface area (Å²) in [4.78, 5) is 54.3. The van der Waals surface area contributed by atoms with E-state index in [-0.39, 0.29) is 34.8 Å². The Morgan fingerprint density at radius 3 is 2.32 bits per heavy atom. The number of carbonyl (C=O) groups excluding carboxylic acids is 4. The minimum Gasteiger partial charge on any atom is -0.490 e. The number of nitrogens with one attached hydrogen (secondary N) is 3. The number of nitrogen functional groups attached to an aromatic ring is 1. The predicted molar refractivity (Wildman–Crippen MR) is 162 cm³/mol. The molecule has 1 aromatic heterocycles. The number of alkyl halides is 3. The second-order valence-electron chi connectivity index (χ2n) is 9.93. The van der Waals surface area contributed by atoms with Gasteiger partial charge < -0.3 is 30.6 Å². The van der Waals surface area contributed by atoms with E-state index in [1.165, 1.54) is 0 Å². The van der Waals surface area contributed by atoms with Crippen molar-refractivity contribution in [1.29, 1.82) is 5.41 Å². The van der Waals surface area contributed by atoms with Gasteiger partial charge in [0.15, 0.2) is 18.1 Å². The first-order chi connectivity index (χ1) is 22.1. The summed E-state index contributed by atoms with van der Waals surface area (Å²) < 4.78 is 52.7. The summed E-state index contributed by atoms with van der Waals surface area (Å²) in [6, 6.07) is 10.7. The number of nitrogens with zero attached hydrogens (tertiary/aromatic N) is 2. The SMILES string of the molecule is CCOc1cc(C(Nc2ccc(C(=N)N)cc2)C(=O)N(N)C(=O)c2ccncc2NC(=O)COC(=O)C(F)(F)F)ccc1OC(C)C. The Morgan fingerprint density at radius 2 is 1.72 bits per heavy atom. The number of aromatic nitrogens is 1. The van der Waals surface area contributed by atoms with Crippen molar-refractivity contribution in [3.8, 4) is 11.5 Å². The molecule has 0 aliphatic heterocycles. The highest BCUT2D eigenvalue weighted by Gasteiger charge is 2.41. The normalized spacial score (nSPS) is 11.7. The molecule has 0 saturated carbocycles.